The molecule has 0 spiro atoms. The first-order valence-electron chi connectivity index (χ1n) is 6.72. The second-order valence-electron chi connectivity index (χ2n) is 4.43. The van der Waals surface area contributed by atoms with Gasteiger partial charge in [-0.25, -0.2) is 4.39 Å². The molecule has 2 aromatic rings. The lowest BCUT2D eigenvalue weighted by atomic mass is 10.1. The molecule has 0 radical (unpaired) electrons. The number of ether oxygens (including phenoxy) is 2. The van der Waals surface area contributed by atoms with Crippen LogP contribution in [0.3, 0.4) is 0 Å². The van der Waals surface area contributed by atoms with Crippen LogP contribution in [0.1, 0.15) is 22.8 Å². The highest BCUT2D eigenvalue weighted by Gasteiger charge is 2.11. The van der Waals surface area contributed by atoms with Crippen molar-refractivity contribution >= 4 is 5.78 Å². The molecule has 112 valence electrons. The fourth-order valence-electron chi connectivity index (χ4n) is 1.83. The topological polar surface area (TPSA) is 59.3 Å². The Morgan fingerprint density at radius 2 is 1.86 bits per heavy atom. The van der Waals surface area contributed by atoms with Gasteiger partial charge in [-0.1, -0.05) is 0 Å². The third kappa shape index (κ3) is 3.83. The molecule has 0 amide bonds. The van der Waals surface area contributed by atoms with E-state index in [0.29, 0.717) is 29.2 Å². The second kappa shape index (κ2) is 7.23. The lowest BCUT2D eigenvalue weighted by Crippen LogP contribution is -2.12. The van der Waals surface area contributed by atoms with Crippen molar-refractivity contribution in [1.82, 2.24) is 0 Å². The minimum atomic E-state index is -0.400. The number of nitrogens with zero attached hydrogens (tertiary/aromatic N) is 1. The molecule has 22 heavy (non-hydrogen) atoms. The Bertz CT molecular complexity index is 705. The summed E-state index contributed by atoms with van der Waals surface area (Å²) in [5.74, 6) is 0.125. The minimum absolute atomic E-state index is 0.197. The Balaban J connectivity index is 2.09. The van der Waals surface area contributed by atoms with E-state index in [1.54, 1.807) is 18.2 Å². The predicted octanol–water partition coefficient (Wildman–Crippen LogP) is 3.36. The zero-order valence-electron chi connectivity index (χ0n) is 12.0. The molecule has 0 N–H and O–H groups in total. The Kier molecular flexibility index (Phi) is 5.10. The Labute approximate surface area is 127 Å². The first-order valence-corrected chi connectivity index (χ1v) is 6.72. The van der Waals surface area contributed by atoms with Gasteiger partial charge in [-0.2, -0.15) is 5.26 Å². The van der Waals surface area contributed by atoms with Crippen LogP contribution in [0, 0.1) is 17.1 Å². The molecule has 2 rings (SSSR count). The summed E-state index contributed by atoms with van der Waals surface area (Å²) in [6, 6.07) is 12.0. The SMILES string of the molecule is CCOc1cc(C#N)ccc1OCC(=O)c1ccc(F)cc1. The third-order valence-electron chi connectivity index (χ3n) is 2.90. The third-order valence-corrected chi connectivity index (χ3v) is 2.90. The van der Waals surface area contributed by atoms with Crippen molar-refractivity contribution < 1.29 is 18.7 Å². The average molecular weight is 299 g/mol. The van der Waals surface area contributed by atoms with E-state index >= 15 is 0 Å². The second-order valence-corrected chi connectivity index (χ2v) is 4.43. The maximum absolute atomic E-state index is 12.8. The molecular weight excluding hydrogens is 285 g/mol. The summed E-state index contributed by atoms with van der Waals surface area (Å²) in [6.07, 6.45) is 0. The lowest BCUT2D eigenvalue weighted by molar-refractivity contribution is 0.0919. The van der Waals surface area contributed by atoms with Crippen molar-refractivity contribution in [3.63, 3.8) is 0 Å². The number of hydrogen-bond donors (Lipinski definition) is 0. The van der Waals surface area contributed by atoms with Gasteiger partial charge in [0.25, 0.3) is 0 Å². The van der Waals surface area contributed by atoms with Crippen LogP contribution in [0.4, 0.5) is 4.39 Å². The van der Waals surface area contributed by atoms with Crippen molar-refractivity contribution in [2.75, 3.05) is 13.2 Å². The summed E-state index contributed by atoms with van der Waals surface area (Å²) in [5.41, 5.74) is 0.814. The number of halogens is 1. The van der Waals surface area contributed by atoms with Crippen LogP contribution in [0.25, 0.3) is 0 Å². The normalized spacial score (nSPS) is 9.86. The van der Waals surface area contributed by atoms with E-state index < -0.39 is 5.82 Å². The van der Waals surface area contributed by atoms with Gasteiger partial charge in [0.05, 0.1) is 18.2 Å². The molecule has 0 unspecified atom stereocenters. The molecule has 0 saturated carbocycles. The van der Waals surface area contributed by atoms with Crippen LogP contribution in [0.5, 0.6) is 11.5 Å². The number of benzene rings is 2. The van der Waals surface area contributed by atoms with Crippen molar-refractivity contribution in [1.29, 1.82) is 5.26 Å². The van der Waals surface area contributed by atoms with Crippen molar-refractivity contribution in [2.45, 2.75) is 6.92 Å². The van der Waals surface area contributed by atoms with Gasteiger partial charge in [0, 0.05) is 11.6 Å². The standard InChI is InChI=1S/C17H14FNO3/c1-2-21-17-9-12(10-19)3-8-16(17)22-11-15(20)13-4-6-14(18)7-5-13/h3-9H,2,11H2,1H3. The molecular formula is C17H14FNO3. The molecule has 0 fully saturated rings. The number of hydrogen-bond acceptors (Lipinski definition) is 4. The van der Waals surface area contributed by atoms with Crippen molar-refractivity contribution in [3.8, 4) is 17.6 Å². The molecule has 0 atom stereocenters. The van der Waals surface area contributed by atoms with Crippen molar-refractivity contribution in [3.05, 3.63) is 59.4 Å². The average Bonchev–Trinajstić information content (AvgIpc) is 2.54. The summed E-state index contributed by atoms with van der Waals surface area (Å²) < 4.78 is 23.7. The van der Waals surface area contributed by atoms with Gasteiger partial charge in [-0.05, 0) is 43.3 Å². The fraction of sp³-hybridized carbons (Fsp3) is 0.176. The Hall–Kier alpha value is -2.87. The molecule has 0 aliphatic rings. The molecule has 0 saturated heterocycles. The van der Waals surface area contributed by atoms with Crippen LogP contribution in [-0.4, -0.2) is 19.0 Å². The Morgan fingerprint density at radius 1 is 1.14 bits per heavy atom. The summed E-state index contributed by atoms with van der Waals surface area (Å²) in [7, 11) is 0. The van der Waals surface area contributed by atoms with Gasteiger partial charge in [0.15, 0.2) is 23.9 Å². The summed E-state index contributed by atoms with van der Waals surface area (Å²) in [6.45, 7) is 2.03. The molecule has 0 heterocycles. The van der Waals surface area contributed by atoms with Crippen LogP contribution in [0.2, 0.25) is 0 Å². The maximum atomic E-state index is 12.8. The summed E-state index contributed by atoms with van der Waals surface area (Å²) >= 11 is 0. The predicted molar refractivity (Wildman–Crippen MR) is 78.6 cm³/mol. The van der Waals surface area contributed by atoms with Crippen LogP contribution in [0.15, 0.2) is 42.5 Å². The highest BCUT2D eigenvalue weighted by molar-refractivity contribution is 5.97. The van der Waals surface area contributed by atoms with Gasteiger partial charge in [-0.3, -0.25) is 4.79 Å². The molecule has 0 aliphatic heterocycles. The van der Waals surface area contributed by atoms with Crippen LogP contribution >= 0.6 is 0 Å². The smallest absolute Gasteiger partial charge is 0.200 e. The van der Waals surface area contributed by atoms with Gasteiger partial charge >= 0.3 is 0 Å². The van der Waals surface area contributed by atoms with Crippen LogP contribution in [-0.2, 0) is 0 Å². The number of carbonyl (C=O) groups is 1. The van der Waals surface area contributed by atoms with Crippen LogP contribution < -0.4 is 9.47 Å². The number of rotatable bonds is 6. The van der Waals surface area contributed by atoms with Crippen molar-refractivity contribution in [2.24, 2.45) is 0 Å². The van der Waals surface area contributed by atoms with E-state index in [1.165, 1.54) is 24.3 Å². The zero-order chi connectivity index (χ0) is 15.9. The zero-order valence-corrected chi connectivity index (χ0v) is 12.0. The van der Waals surface area contributed by atoms with E-state index in [2.05, 4.69) is 0 Å². The number of ketones is 1. The van der Waals surface area contributed by atoms with Gasteiger partial charge in [0.2, 0.25) is 0 Å². The number of carbonyl (C=O) groups excluding carboxylic acids is 1. The van der Waals surface area contributed by atoms with E-state index in [0.717, 1.165) is 0 Å². The molecule has 2 aromatic carbocycles. The summed E-state index contributed by atoms with van der Waals surface area (Å²) in [4.78, 5) is 12.0. The van der Waals surface area contributed by atoms with Gasteiger partial charge in [0.1, 0.15) is 5.82 Å². The van der Waals surface area contributed by atoms with Gasteiger partial charge in [-0.15, -0.1) is 0 Å². The maximum Gasteiger partial charge on any atom is 0.200 e. The Morgan fingerprint density at radius 3 is 2.50 bits per heavy atom. The quantitative estimate of drug-likeness (QED) is 0.767. The molecule has 0 aromatic heterocycles. The monoisotopic (exact) mass is 299 g/mol. The molecule has 0 aliphatic carbocycles. The molecule has 0 bridgehead atoms. The first kappa shape index (κ1) is 15.5. The summed E-state index contributed by atoms with van der Waals surface area (Å²) in [5, 5.41) is 8.88. The highest BCUT2D eigenvalue weighted by atomic mass is 19.1. The van der Waals surface area contributed by atoms with E-state index in [4.69, 9.17) is 14.7 Å². The van der Waals surface area contributed by atoms with Gasteiger partial charge < -0.3 is 9.47 Å². The number of Topliss-reactive ketones (excluding diaryl/α,β-unsaturated/α-hetero) is 1. The molecule has 4 nitrogen and oxygen atoms in total. The van der Waals surface area contributed by atoms with E-state index in [9.17, 15) is 9.18 Å². The first-order chi connectivity index (χ1) is 10.6. The van der Waals surface area contributed by atoms with E-state index in [1.807, 2.05) is 13.0 Å². The number of nitriles is 1. The minimum Gasteiger partial charge on any atom is -0.490 e. The largest absolute Gasteiger partial charge is 0.490 e. The molecule has 5 heteroatoms. The highest BCUT2D eigenvalue weighted by Crippen LogP contribution is 2.28. The van der Waals surface area contributed by atoms with E-state index in [-0.39, 0.29) is 12.4 Å². The fourth-order valence-corrected chi connectivity index (χ4v) is 1.83. The lowest BCUT2D eigenvalue weighted by Gasteiger charge is -2.11.